The second kappa shape index (κ2) is 9.92. The Kier molecular flexibility index (Phi) is 7.28. The third-order valence-electron chi connectivity index (χ3n) is 5.76. The highest BCUT2D eigenvalue weighted by Gasteiger charge is 2.26. The Morgan fingerprint density at radius 1 is 1.00 bits per heavy atom. The van der Waals surface area contributed by atoms with Crippen LogP contribution in [0.15, 0.2) is 24.3 Å². The number of aryl methyl sites for hydroxylation is 2. The van der Waals surface area contributed by atoms with Crippen LogP contribution in [0.3, 0.4) is 0 Å². The maximum Gasteiger partial charge on any atom is 0.355 e. The number of esters is 1. The largest absolute Gasteiger partial charge is 0.461 e. The number of carbonyl (C=O) groups excluding carboxylic acids is 3. The number of carbonyl (C=O) groups is 3. The van der Waals surface area contributed by atoms with Crippen LogP contribution in [-0.4, -0.2) is 71.8 Å². The molecule has 0 saturated carbocycles. The van der Waals surface area contributed by atoms with Crippen LogP contribution in [0, 0.1) is 20.8 Å². The normalized spacial score (nSPS) is 14.5. The van der Waals surface area contributed by atoms with Crippen LogP contribution >= 0.6 is 0 Å². The van der Waals surface area contributed by atoms with E-state index in [1.165, 1.54) is 5.56 Å². The summed E-state index contributed by atoms with van der Waals surface area (Å²) in [6, 6.07) is 8.03. The van der Waals surface area contributed by atoms with E-state index in [2.05, 4.69) is 9.88 Å². The van der Waals surface area contributed by atoms with Gasteiger partial charge in [-0.15, -0.1) is 0 Å². The molecule has 0 unspecified atom stereocenters. The van der Waals surface area contributed by atoms with E-state index in [1.54, 1.807) is 20.8 Å². The highest BCUT2D eigenvalue weighted by Crippen LogP contribution is 2.20. The number of aromatic nitrogens is 1. The number of Topliss-reactive ketones (excluding diaryl/α,β-unsaturated/α-hetero) is 1. The molecule has 0 atom stereocenters. The Labute approximate surface area is 183 Å². The van der Waals surface area contributed by atoms with Crippen molar-refractivity contribution >= 4 is 17.7 Å². The second-order valence-electron chi connectivity index (χ2n) is 8.09. The maximum atomic E-state index is 12.9. The molecule has 1 aromatic heterocycles. The number of aromatic amines is 1. The number of amides is 1. The molecule has 1 aliphatic rings. The van der Waals surface area contributed by atoms with Crippen molar-refractivity contribution in [3.8, 4) is 0 Å². The van der Waals surface area contributed by atoms with Crippen LogP contribution in [0.5, 0.6) is 0 Å². The van der Waals surface area contributed by atoms with Gasteiger partial charge in [0.25, 0.3) is 0 Å². The van der Waals surface area contributed by atoms with Crippen LogP contribution < -0.4 is 0 Å². The van der Waals surface area contributed by atoms with Crippen molar-refractivity contribution in [1.29, 1.82) is 0 Å². The van der Waals surface area contributed by atoms with Gasteiger partial charge in [0, 0.05) is 37.4 Å². The van der Waals surface area contributed by atoms with Crippen molar-refractivity contribution < 1.29 is 19.1 Å². The van der Waals surface area contributed by atoms with Crippen molar-refractivity contribution in [2.45, 2.75) is 34.1 Å². The summed E-state index contributed by atoms with van der Waals surface area (Å²) in [6.07, 6.45) is 0.400. The summed E-state index contributed by atoms with van der Waals surface area (Å²) < 4.78 is 5.06. The molecular formula is C24H31N3O4. The lowest BCUT2D eigenvalue weighted by Gasteiger charge is -2.34. The lowest BCUT2D eigenvalue weighted by atomic mass is 10.0. The molecule has 1 aliphatic heterocycles. The summed E-state index contributed by atoms with van der Waals surface area (Å²) in [5.41, 5.74) is 4.40. The van der Waals surface area contributed by atoms with Gasteiger partial charge in [-0.05, 0) is 38.8 Å². The van der Waals surface area contributed by atoms with Gasteiger partial charge in [-0.1, -0.05) is 29.8 Å². The second-order valence-corrected chi connectivity index (χ2v) is 8.09. The summed E-state index contributed by atoms with van der Waals surface area (Å²) in [5.74, 6) is -0.352. The zero-order valence-electron chi connectivity index (χ0n) is 18.8. The van der Waals surface area contributed by atoms with Crippen LogP contribution in [-0.2, 0) is 16.0 Å². The molecule has 7 nitrogen and oxygen atoms in total. The maximum absolute atomic E-state index is 12.9. The smallest absolute Gasteiger partial charge is 0.355 e. The molecule has 31 heavy (non-hydrogen) atoms. The number of hydrogen-bond acceptors (Lipinski definition) is 5. The topological polar surface area (TPSA) is 82.7 Å². The summed E-state index contributed by atoms with van der Waals surface area (Å²) >= 11 is 0. The van der Waals surface area contributed by atoms with E-state index >= 15 is 0 Å². The number of hydrogen-bond donors (Lipinski definition) is 1. The van der Waals surface area contributed by atoms with Crippen LogP contribution in [0.25, 0.3) is 0 Å². The van der Waals surface area contributed by atoms with E-state index in [4.69, 9.17) is 4.74 Å². The molecule has 1 fully saturated rings. The third-order valence-corrected chi connectivity index (χ3v) is 5.76. The van der Waals surface area contributed by atoms with Crippen molar-refractivity contribution in [1.82, 2.24) is 14.8 Å². The van der Waals surface area contributed by atoms with Crippen molar-refractivity contribution in [3.05, 3.63) is 57.9 Å². The molecule has 2 heterocycles. The first kappa shape index (κ1) is 22.7. The van der Waals surface area contributed by atoms with E-state index < -0.39 is 5.97 Å². The zero-order chi connectivity index (χ0) is 22.5. The zero-order valence-corrected chi connectivity index (χ0v) is 18.8. The fourth-order valence-corrected chi connectivity index (χ4v) is 4.01. The first-order valence-electron chi connectivity index (χ1n) is 10.7. The number of ketones is 1. The number of nitrogens with zero attached hydrogens (tertiary/aromatic N) is 2. The molecule has 166 valence electrons. The molecule has 1 aromatic carbocycles. The average Bonchev–Trinajstić information content (AvgIpc) is 3.04. The predicted octanol–water partition coefficient (Wildman–Crippen LogP) is 2.69. The number of benzene rings is 1. The van der Waals surface area contributed by atoms with Gasteiger partial charge < -0.3 is 14.6 Å². The van der Waals surface area contributed by atoms with E-state index in [0.717, 1.165) is 5.56 Å². The quantitative estimate of drug-likeness (QED) is 0.545. The van der Waals surface area contributed by atoms with Gasteiger partial charge in [0.05, 0.1) is 19.6 Å². The molecule has 1 N–H and O–H groups in total. The molecular weight excluding hydrogens is 394 g/mol. The SMILES string of the molecule is CCOC(=O)c1[nH]c(C)c(C(=O)CN2CCN(C(=O)Cc3ccc(C)cc3)CC2)c1C. The van der Waals surface area contributed by atoms with Gasteiger partial charge >= 0.3 is 5.97 Å². The molecule has 1 amide bonds. The van der Waals surface area contributed by atoms with Gasteiger partial charge in [0.2, 0.25) is 5.91 Å². The van der Waals surface area contributed by atoms with Gasteiger partial charge in [-0.2, -0.15) is 0 Å². The molecule has 7 heteroatoms. The number of nitrogens with one attached hydrogen (secondary N) is 1. The minimum absolute atomic E-state index is 0.0266. The van der Waals surface area contributed by atoms with Crippen LogP contribution in [0.1, 0.15) is 50.2 Å². The van der Waals surface area contributed by atoms with Crippen molar-refractivity contribution in [3.63, 3.8) is 0 Å². The average molecular weight is 426 g/mol. The minimum atomic E-state index is -0.442. The first-order valence-corrected chi connectivity index (χ1v) is 10.7. The summed E-state index contributed by atoms with van der Waals surface area (Å²) in [5, 5.41) is 0. The molecule has 3 rings (SSSR count). The van der Waals surface area contributed by atoms with Crippen molar-refractivity contribution in [2.24, 2.45) is 0 Å². The molecule has 0 bridgehead atoms. The van der Waals surface area contributed by atoms with E-state index in [-0.39, 0.29) is 24.8 Å². The van der Waals surface area contributed by atoms with E-state index in [1.807, 2.05) is 36.1 Å². The minimum Gasteiger partial charge on any atom is -0.461 e. The fraction of sp³-hybridized carbons (Fsp3) is 0.458. The lowest BCUT2D eigenvalue weighted by Crippen LogP contribution is -2.50. The van der Waals surface area contributed by atoms with E-state index in [9.17, 15) is 14.4 Å². The Hall–Kier alpha value is -2.93. The fourth-order valence-electron chi connectivity index (χ4n) is 4.01. The standard InChI is InChI=1S/C24H31N3O4/c1-5-31-24(30)23-17(3)22(18(4)25-23)20(28)15-26-10-12-27(13-11-26)21(29)14-19-8-6-16(2)7-9-19/h6-9,25H,5,10-15H2,1-4H3. The summed E-state index contributed by atoms with van der Waals surface area (Å²) in [6.45, 7) is 10.4. The number of H-pyrrole nitrogens is 1. The molecule has 0 radical (unpaired) electrons. The van der Waals surface area contributed by atoms with Crippen molar-refractivity contribution in [2.75, 3.05) is 39.3 Å². The Bertz CT molecular complexity index is 954. The Morgan fingerprint density at radius 3 is 2.26 bits per heavy atom. The predicted molar refractivity (Wildman–Crippen MR) is 118 cm³/mol. The van der Waals surface area contributed by atoms with Gasteiger partial charge in [-0.25, -0.2) is 4.79 Å². The van der Waals surface area contributed by atoms with Gasteiger partial charge in [0.1, 0.15) is 5.69 Å². The Balaban J connectivity index is 1.55. The lowest BCUT2D eigenvalue weighted by molar-refractivity contribution is -0.132. The molecule has 0 aliphatic carbocycles. The first-order chi connectivity index (χ1) is 14.8. The Morgan fingerprint density at radius 2 is 1.65 bits per heavy atom. The highest BCUT2D eigenvalue weighted by atomic mass is 16.5. The molecule has 1 saturated heterocycles. The number of piperazine rings is 1. The summed E-state index contributed by atoms with van der Waals surface area (Å²) in [7, 11) is 0. The number of ether oxygens (including phenoxy) is 1. The monoisotopic (exact) mass is 425 g/mol. The summed E-state index contributed by atoms with van der Waals surface area (Å²) in [4.78, 5) is 44.5. The molecule has 2 aromatic rings. The van der Waals surface area contributed by atoms with Gasteiger partial charge in [0.15, 0.2) is 5.78 Å². The van der Waals surface area contributed by atoms with E-state index in [0.29, 0.717) is 55.1 Å². The van der Waals surface area contributed by atoms with Gasteiger partial charge in [-0.3, -0.25) is 14.5 Å². The third kappa shape index (κ3) is 5.41. The highest BCUT2D eigenvalue weighted by molar-refractivity contribution is 6.03. The van der Waals surface area contributed by atoms with Crippen LogP contribution in [0.4, 0.5) is 0 Å². The molecule has 0 spiro atoms. The number of rotatable bonds is 7. The van der Waals surface area contributed by atoms with Crippen LogP contribution in [0.2, 0.25) is 0 Å².